The van der Waals surface area contributed by atoms with Crippen molar-refractivity contribution in [2.45, 2.75) is 110 Å². The van der Waals surface area contributed by atoms with Crippen LogP contribution in [-0.4, -0.2) is 31.0 Å². The van der Waals surface area contributed by atoms with E-state index in [2.05, 4.69) is 6.92 Å². The van der Waals surface area contributed by atoms with Crippen molar-refractivity contribution in [2.24, 2.45) is 0 Å². The fourth-order valence-electron chi connectivity index (χ4n) is 2.79. The molecule has 0 aromatic heterocycles. The van der Waals surface area contributed by atoms with Crippen molar-refractivity contribution in [1.82, 2.24) is 0 Å². The van der Waals surface area contributed by atoms with Gasteiger partial charge in [-0.2, -0.15) is 0 Å². The first-order valence-electron chi connectivity index (χ1n) is 9.56. The van der Waals surface area contributed by atoms with Gasteiger partial charge < -0.3 is 0 Å². The zero-order chi connectivity index (χ0) is 16.3. The Kier molecular flexibility index (Phi) is 20.1. The van der Waals surface area contributed by atoms with E-state index in [9.17, 15) is 3.02 Å². The molecule has 0 aromatic rings. The first-order chi connectivity index (χ1) is 10.8. The van der Waals surface area contributed by atoms with Crippen molar-refractivity contribution < 1.29 is 9.42 Å². The molecule has 0 fully saturated rings. The third kappa shape index (κ3) is 20.5. The molecular formula is C18H38O3Sb. The molecule has 0 rings (SSSR count). The van der Waals surface area contributed by atoms with Crippen LogP contribution in [0.4, 0.5) is 0 Å². The fourth-order valence-corrected chi connectivity index (χ4v) is 3.61. The Balaban J connectivity index is 2.95. The standard InChI is InChI=1S/C18H37O.H2O.O.Sb/c1-2-3-4-5-6-7-8-9-10-11-12-13-14-15-16-17-18-19;;;/h2-18H2,1H3;1H2;;/q-1;;;+2/p-1. The summed E-state index contributed by atoms with van der Waals surface area (Å²) < 4.78 is 23.7. The molecule has 1 radical (unpaired) electrons. The molecule has 0 bridgehead atoms. The van der Waals surface area contributed by atoms with Gasteiger partial charge in [0.05, 0.1) is 0 Å². The predicted molar refractivity (Wildman–Crippen MR) is 94.2 cm³/mol. The SMILES string of the molecule is CCCCCCCCCCCCCCCCCC[O][Sb](=[O])[OH]. The van der Waals surface area contributed by atoms with Gasteiger partial charge in [-0.3, -0.25) is 0 Å². The summed E-state index contributed by atoms with van der Waals surface area (Å²) in [7, 11) is 0. The van der Waals surface area contributed by atoms with Gasteiger partial charge in [-0.1, -0.05) is 45.4 Å². The number of rotatable bonds is 18. The first-order valence-corrected chi connectivity index (χ1v) is 12.8. The van der Waals surface area contributed by atoms with Gasteiger partial charge in [0.25, 0.3) is 0 Å². The number of hydrogen-bond acceptors (Lipinski definition) is 2. The minimum atomic E-state index is -3.39. The summed E-state index contributed by atoms with van der Waals surface area (Å²) in [5, 5.41) is 0. The Bertz CT molecular complexity index is 234. The summed E-state index contributed by atoms with van der Waals surface area (Å²) >= 11 is -3.39. The van der Waals surface area contributed by atoms with E-state index in [1.807, 2.05) is 0 Å². The zero-order valence-electron chi connectivity index (χ0n) is 14.7. The summed E-state index contributed by atoms with van der Waals surface area (Å²) in [5.74, 6) is 0. The van der Waals surface area contributed by atoms with Gasteiger partial charge in [0, 0.05) is 0 Å². The Hall–Kier alpha value is 0.538. The fraction of sp³-hybridized carbons (Fsp3) is 1.00. The van der Waals surface area contributed by atoms with Gasteiger partial charge in [0.2, 0.25) is 0 Å². The molecule has 4 heteroatoms. The van der Waals surface area contributed by atoms with Crippen LogP contribution < -0.4 is 0 Å². The van der Waals surface area contributed by atoms with Gasteiger partial charge in [0.15, 0.2) is 0 Å². The Labute approximate surface area is 146 Å². The molecule has 3 nitrogen and oxygen atoms in total. The van der Waals surface area contributed by atoms with E-state index >= 15 is 0 Å². The third-order valence-electron chi connectivity index (χ3n) is 4.20. The molecular weight excluding hydrogens is 386 g/mol. The van der Waals surface area contributed by atoms with Crippen LogP contribution >= 0.6 is 0 Å². The van der Waals surface area contributed by atoms with Crippen LogP contribution in [0.25, 0.3) is 0 Å². The molecule has 0 aliphatic carbocycles. The van der Waals surface area contributed by atoms with Crippen molar-refractivity contribution in [3.8, 4) is 0 Å². The number of unbranched alkanes of at least 4 members (excludes halogenated alkanes) is 15. The predicted octanol–water partition coefficient (Wildman–Crippen LogP) is 5.67. The molecule has 0 saturated heterocycles. The monoisotopic (exact) mass is 423 g/mol. The second-order valence-corrected chi connectivity index (χ2v) is 8.47. The van der Waals surface area contributed by atoms with Crippen LogP contribution in [0.2, 0.25) is 0 Å². The van der Waals surface area contributed by atoms with Crippen LogP contribution in [0.5, 0.6) is 0 Å². The summed E-state index contributed by atoms with van der Waals surface area (Å²) in [6.07, 6.45) is 21.5. The van der Waals surface area contributed by atoms with Crippen molar-refractivity contribution in [1.29, 1.82) is 0 Å². The summed E-state index contributed by atoms with van der Waals surface area (Å²) in [6, 6.07) is 0. The van der Waals surface area contributed by atoms with Gasteiger partial charge >= 0.3 is 101 Å². The molecule has 1 N–H and O–H groups in total. The third-order valence-corrected chi connectivity index (χ3v) is 5.35. The van der Waals surface area contributed by atoms with Gasteiger partial charge in [0.1, 0.15) is 0 Å². The van der Waals surface area contributed by atoms with Crippen LogP contribution in [0.15, 0.2) is 0 Å². The Morgan fingerprint density at radius 1 is 0.636 bits per heavy atom. The quantitative estimate of drug-likeness (QED) is 0.228. The Morgan fingerprint density at radius 2 is 0.955 bits per heavy atom. The van der Waals surface area contributed by atoms with Gasteiger partial charge in [-0.25, -0.2) is 0 Å². The van der Waals surface area contributed by atoms with E-state index in [1.165, 1.54) is 89.9 Å². The maximum absolute atomic E-state index is 10.4. The van der Waals surface area contributed by atoms with E-state index in [4.69, 9.17) is 6.40 Å². The first kappa shape index (κ1) is 22.5. The molecule has 0 amide bonds. The molecule has 0 saturated carbocycles. The van der Waals surface area contributed by atoms with E-state index in [0.717, 1.165) is 12.8 Å². The summed E-state index contributed by atoms with van der Waals surface area (Å²) in [4.78, 5) is 0. The van der Waals surface area contributed by atoms with Crippen molar-refractivity contribution in [3.05, 3.63) is 0 Å². The van der Waals surface area contributed by atoms with Crippen molar-refractivity contribution >= 4 is 21.0 Å². The maximum atomic E-state index is 10.4. The molecule has 0 heterocycles. The van der Waals surface area contributed by atoms with Crippen LogP contribution in [0.1, 0.15) is 110 Å². The minimum absolute atomic E-state index is 0.473. The molecule has 0 aliphatic rings. The average Bonchev–Trinajstić information content (AvgIpc) is 2.50. The van der Waals surface area contributed by atoms with Crippen LogP contribution in [-0.2, 0) is 6.03 Å². The molecule has 0 aromatic carbocycles. The molecule has 22 heavy (non-hydrogen) atoms. The topological polar surface area (TPSA) is 46.5 Å². The second kappa shape index (κ2) is 19.6. The van der Waals surface area contributed by atoms with E-state index in [-0.39, 0.29) is 0 Å². The molecule has 0 spiro atoms. The molecule has 0 aliphatic heterocycles. The van der Waals surface area contributed by atoms with Crippen molar-refractivity contribution in [3.63, 3.8) is 0 Å². The number of hydrogen-bond donors (Lipinski definition) is 1. The normalized spacial score (nSPS) is 11.0. The van der Waals surface area contributed by atoms with E-state index in [1.54, 1.807) is 0 Å². The van der Waals surface area contributed by atoms with Gasteiger partial charge in [-0.05, 0) is 0 Å². The molecule has 0 unspecified atom stereocenters. The van der Waals surface area contributed by atoms with Crippen LogP contribution in [0, 0.1) is 0 Å². The second-order valence-electron chi connectivity index (χ2n) is 6.37. The van der Waals surface area contributed by atoms with E-state index < -0.39 is 21.0 Å². The summed E-state index contributed by atoms with van der Waals surface area (Å²) in [5.41, 5.74) is 0. The summed E-state index contributed by atoms with van der Waals surface area (Å²) in [6.45, 7) is 2.75. The van der Waals surface area contributed by atoms with Gasteiger partial charge in [-0.15, -0.1) is 0 Å². The van der Waals surface area contributed by atoms with E-state index in [0.29, 0.717) is 6.61 Å². The Morgan fingerprint density at radius 3 is 1.27 bits per heavy atom. The van der Waals surface area contributed by atoms with Crippen molar-refractivity contribution in [2.75, 3.05) is 6.61 Å². The average molecular weight is 424 g/mol. The molecule has 133 valence electrons. The molecule has 0 atom stereocenters. The zero-order valence-corrected chi connectivity index (χ0v) is 17.3. The van der Waals surface area contributed by atoms with Crippen LogP contribution in [0.3, 0.4) is 0 Å².